The molecule has 0 fully saturated rings. The van der Waals surface area contributed by atoms with Crippen LogP contribution < -0.4 is 5.32 Å². The Morgan fingerprint density at radius 1 is 1.33 bits per heavy atom. The number of sulfone groups is 1. The standard InChI is InChI=1S/C13H14N2O4S2/c1-2-21(18,19)12-5-3-4-11(7-12)14-8-10-6-13(15(16)17)20-9-10/h3-7,9,14H,2,8H2,1H3. The Balaban J connectivity index is 2.10. The fourth-order valence-corrected chi connectivity index (χ4v) is 3.38. The van der Waals surface area contributed by atoms with Gasteiger partial charge in [-0.15, -0.1) is 0 Å². The van der Waals surface area contributed by atoms with Crippen molar-refractivity contribution < 1.29 is 13.3 Å². The van der Waals surface area contributed by atoms with Gasteiger partial charge in [0.1, 0.15) is 0 Å². The van der Waals surface area contributed by atoms with Crippen molar-refractivity contribution in [1.29, 1.82) is 0 Å². The molecule has 0 saturated carbocycles. The third-order valence-electron chi connectivity index (χ3n) is 2.89. The molecule has 0 aliphatic rings. The monoisotopic (exact) mass is 326 g/mol. The second-order valence-electron chi connectivity index (χ2n) is 4.34. The Morgan fingerprint density at radius 2 is 2.10 bits per heavy atom. The quantitative estimate of drug-likeness (QED) is 0.651. The van der Waals surface area contributed by atoms with Gasteiger partial charge in [-0.2, -0.15) is 0 Å². The number of hydrogen-bond donors (Lipinski definition) is 1. The van der Waals surface area contributed by atoms with E-state index < -0.39 is 14.8 Å². The number of thiophene rings is 1. The van der Waals surface area contributed by atoms with E-state index in [1.807, 2.05) is 0 Å². The van der Waals surface area contributed by atoms with Gasteiger partial charge in [0.15, 0.2) is 9.84 Å². The lowest BCUT2D eigenvalue weighted by Gasteiger charge is -2.07. The van der Waals surface area contributed by atoms with Gasteiger partial charge in [-0.25, -0.2) is 8.42 Å². The Bertz CT molecular complexity index is 753. The summed E-state index contributed by atoms with van der Waals surface area (Å²) in [5, 5.41) is 15.5. The molecule has 0 aliphatic carbocycles. The zero-order chi connectivity index (χ0) is 15.5. The average Bonchev–Trinajstić information content (AvgIpc) is 2.94. The molecule has 112 valence electrons. The number of nitrogens with zero attached hydrogens (tertiary/aromatic N) is 1. The number of rotatable bonds is 6. The van der Waals surface area contributed by atoms with E-state index in [1.54, 1.807) is 36.6 Å². The van der Waals surface area contributed by atoms with Gasteiger partial charge in [-0.3, -0.25) is 10.1 Å². The van der Waals surface area contributed by atoms with E-state index in [-0.39, 0.29) is 15.6 Å². The molecule has 6 nitrogen and oxygen atoms in total. The molecule has 0 radical (unpaired) electrons. The van der Waals surface area contributed by atoms with Crippen LogP contribution in [0.1, 0.15) is 12.5 Å². The molecule has 0 amide bonds. The summed E-state index contributed by atoms with van der Waals surface area (Å²) in [6, 6.07) is 8.06. The van der Waals surface area contributed by atoms with Crippen molar-refractivity contribution in [3.63, 3.8) is 0 Å². The zero-order valence-electron chi connectivity index (χ0n) is 11.3. The van der Waals surface area contributed by atoms with Gasteiger partial charge in [-0.05, 0) is 23.8 Å². The highest BCUT2D eigenvalue weighted by molar-refractivity contribution is 7.91. The minimum absolute atomic E-state index is 0.0488. The van der Waals surface area contributed by atoms with Crippen molar-refractivity contribution in [2.24, 2.45) is 0 Å². The third kappa shape index (κ3) is 3.79. The molecule has 1 aromatic carbocycles. The van der Waals surface area contributed by atoms with Crippen LogP contribution in [0.3, 0.4) is 0 Å². The smallest absolute Gasteiger partial charge is 0.324 e. The highest BCUT2D eigenvalue weighted by Crippen LogP contribution is 2.23. The summed E-state index contributed by atoms with van der Waals surface area (Å²) in [7, 11) is -3.24. The first-order valence-corrected chi connectivity index (χ1v) is 8.74. The Morgan fingerprint density at radius 3 is 2.71 bits per heavy atom. The highest BCUT2D eigenvalue weighted by atomic mass is 32.2. The van der Waals surface area contributed by atoms with Gasteiger partial charge in [0.25, 0.3) is 0 Å². The summed E-state index contributed by atoms with van der Waals surface area (Å²) in [6.45, 7) is 2.00. The minimum atomic E-state index is -3.24. The maximum Gasteiger partial charge on any atom is 0.324 e. The van der Waals surface area contributed by atoms with Crippen LogP contribution in [0.25, 0.3) is 0 Å². The predicted molar refractivity (Wildman–Crippen MR) is 82.5 cm³/mol. The summed E-state index contributed by atoms with van der Waals surface area (Å²) in [5.74, 6) is 0.0488. The number of nitro groups is 1. The first kappa shape index (κ1) is 15.5. The largest absolute Gasteiger partial charge is 0.381 e. The molecule has 0 saturated heterocycles. The molecule has 0 atom stereocenters. The lowest BCUT2D eigenvalue weighted by Crippen LogP contribution is -2.05. The molecular weight excluding hydrogens is 312 g/mol. The lowest BCUT2D eigenvalue weighted by molar-refractivity contribution is -0.380. The molecule has 0 spiro atoms. The molecule has 1 aromatic heterocycles. The Labute approximate surface area is 126 Å². The van der Waals surface area contributed by atoms with Gasteiger partial charge in [0.2, 0.25) is 0 Å². The van der Waals surface area contributed by atoms with Crippen molar-refractivity contribution in [2.45, 2.75) is 18.4 Å². The van der Waals surface area contributed by atoms with E-state index >= 15 is 0 Å². The summed E-state index contributed by atoms with van der Waals surface area (Å²) in [6.07, 6.45) is 0. The average molecular weight is 326 g/mol. The van der Waals surface area contributed by atoms with Crippen LogP contribution in [0, 0.1) is 10.1 Å². The van der Waals surface area contributed by atoms with E-state index in [0.29, 0.717) is 12.2 Å². The van der Waals surface area contributed by atoms with Crippen LogP contribution >= 0.6 is 11.3 Å². The van der Waals surface area contributed by atoms with Crippen LogP contribution in [-0.4, -0.2) is 19.1 Å². The van der Waals surface area contributed by atoms with E-state index in [2.05, 4.69) is 5.32 Å². The highest BCUT2D eigenvalue weighted by Gasteiger charge is 2.12. The molecule has 8 heteroatoms. The van der Waals surface area contributed by atoms with Crippen molar-refractivity contribution in [3.8, 4) is 0 Å². The first-order valence-electron chi connectivity index (χ1n) is 6.21. The fourth-order valence-electron chi connectivity index (χ4n) is 1.72. The lowest BCUT2D eigenvalue weighted by atomic mass is 10.3. The number of benzene rings is 1. The zero-order valence-corrected chi connectivity index (χ0v) is 12.9. The molecular formula is C13H14N2O4S2. The van der Waals surface area contributed by atoms with Gasteiger partial charge in [0, 0.05) is 23.7 Å². The summed E-state index contributed by atoms with van der Waals surface area (Å²) in [4.78, 5) is 10.4. The third-order valence-corrected chi connectivity index (χ3v) is 5.55. The second-order valence-corrected chi connectivity index (χ2v) is 7.50. The summed E-state index contributed by atoms with van der Waals surface area (Å²) < 4.78 is 23.6. The van der Waals surface area contributed by atoms with Crippen LogP contribution in [0.5, 0.6) is 0 Å². The van der Waals surface area contributed by atoms with Gasteiger partial charge in [-0.1, -0.05) is 24.3 Å². The molecule has 2 rings (SSSR count). The molecule has 2 aromatic rings. The van der Waals surface area contributed by atoms with E-state index in [9.17, 15) is 18.5 Å². The summed E-state index contributed by atoms with van der Waals surface area (Å²) >= 11 is 1.07. The van der Waals surface area contributed by atoms with Gasteiger partial charge < -0.3 is 5.32 Å². The molecule has 0 unspecified atom stereocenters. The van der Waals surface area contributed by atoms with Gasteiger partial charge >= 0.3 is 5.00 Å². The fraction of sp³-hybridized carbons (Fsp3) is 0.231. The van der Waals surface area contributed by atoms with Crippen molar-refractivity contribution in [2.75, 3.05) is 11.1 Å². The second kappa shape index (κ2) is 6.23. The Kier molecular flexibility index (Phi) is 4.59. The van der Waals surface area contributed by atoms with Crippen molar-refractivity contribution in [1.82, 2.24) is 0 Å². The number of nitrogens with one attached hydrogen (secondary N) is 1. The molecule has 21 heavy (non-hydrogen) atoms. The SMILES string of the molecule is CCS(=O)(=O)c1cccc(NCc2csc([N+](=O)[O-])c2)c1. The van der Waals surface area contributed by atoms with E-state index in [0.717, 1.165) is 16.9 Å². The molecule has 0 bridgehead atoms. The number of anilines is 1. The maximum atomic E-state index is 11.8. The minimum Gasteiger partial charge on any atom is -0.381 e. The molecule has 1 heterocycles. The summed E-state index contributed by atoms with van der Waals surface area (Å²) in [5.41, 5.74) is 1.45. The van der Waals surface area contributed by atoms with Crippen molar-refractivity contribution in [3.05, 3.63) is 51.4 Å². The van der Waals surface area contributed by atoms with Crippen LogP contribution in [0.15, 0.2) is 40.6 Å². The predicted octanol–water partition coefficient (Wildman–Crippen LogP) is 3.06. The van der Waals surface area contributed by atoms with Crippen LogP contribution in [0.4, 0.5) is 10.7 Å². The Hall–Kier alpha value is -1.93. The van der Waals surface area contributed by atoms with E-state index in [4.69, 9.17) is 0 Å². The van der Waals surface area contributed by atoms with Crippen molar-refractivity contribution >= 4 is 31.9 Å². The normalized spacial score (nSPS) is 11.3. The first-order chi connectivity index (χ1) is 9.92. The van der Waals surface area contributed by atoms with Gasteiger partial charge in [0.05, 0.1) is 15.6 Å². The van der Waals surface area contributed by atoms with Crippen LogP contribution in [0.2, 0.25) is 0 Å². The topological polar surface area (TPSA) is 89.3 Å². The number of hydrogen-bond acceptors (Lipinski definition) is 6. The van der Waals surface area contributed by atoms with Crippen LogP contribution in [-0.2, 0) is 16.4 Å². The van der Waals surface area contributed by atoms with E-state index in [1.165, 1.54) is 6.07 Å². The maximum absolute atomic E-state index is 11.8. The molecule has 1 N–H and O–H groups in total. The molecule has 0 aliphatic heterocycles.